The predicted molar refractivity (Wildman–Crippen MR) is 119 cm³/mol. The molecule has 2 aliphatic rings. The third-order valence-corrected chi connectivity index (χ3v) is 6.22. The van der Waals surface area contributed by atoms with Gasteiger partial charge in [0, 0.05) is 24.4 Å². The molecule has 0 radical (unpaired) electrons. The van der Waals surface area contributed by atoms with Crippen molar-refractivity contribution in [1.29, 1.82) is 0 Å². The maximum absolute atomic E-state index is 13.3. The molecule has 166 valence electrons. The number of nitrogens with zero attached hydrogens (tertiary/aromatic N) is 3. The van der Waals surface area contributed by atoms with E-state index in [4.69, 9.17) is 4.74 Å². The molecule has 1 aliphatic heterocycles. The highest BCUT2D eigenvalue weighted by Gasteiger charge is 2.38. The predicted octanol–water partition coefficient (Wildman–Crippen LogP) is 3.85. The highest BCUT2D eigenvalue weighted by atomic mass is 16.5. The molecule has 1 unspecified atom stereocenters. The van der Waals surface area contributed by atoms with Crippen LogP contribution in [-0.4, -0.2) is 45.2 Å². The molecule has 2 heterocycles. The summed E-state index contributed by atoms with van der Waals surface area (Å²) >= 11 is 0. The van der Waals surface area contributed by atoms with Crippen LogP contribution in [0.3, 0.4) is 0 Å². The van der Waals surface area contributed by atoms with Gasteiger partial charge in [0.2, 0.25) is 5.91 Å². The van der Waals surface area contributed by atoms with Crippen molar-refractivity contribution in [3.63, 3.8) is 0 Å². The van der Waals surface area contributed by atoms with Gasteiger partial charge in [-0.3, -0.25) is 14.3 Å². The van der Waals surface area contributed by atoms with Gasteiger partial charge in [-0.05, 0) is 37.8 Å². The van der Waals surface area contributed by atoms with Crippen LogP contribution in [0.25, 0.3) is 0 Å². The summed E-state index contributed by atoms with van der Waals surface area (Å²) in [5.41, 5.74) is 1.70. The summed E-state index contributed by atoms with van der Waals surface area (Å²) in [7, 11) is 0. The van der Waals surface area contributed by atoms with Crippen molar-refractivity contribution in [1.82, 2.24) is 14.7 Å². The molecule has 1 aliphatic carbocycles. The van der Waals surface area contributed by atoms with E-state index in [0.29, 0.717) is 43.4 Å². The third kappa shape index (κ3) is 5.15. The van der Waals surface area contributed by atoms with Crippen LogP contribution in [0.2, 0.25) is 0 Å². The molecule has 1 aromatic heterocycles. The lowest BCUT2D eigenvalue weighted by molar-refractivity contribution is -0.121. The van der Waals surface area contributed by atoms with Gasteiger partial charge in [-0.25, -0.2) is 0 Å². The number of aromatic nitrogens is 2. The first-order valence-electron chi connectivity index (χ1n) is 11.4. The van der Waals surface area contributed by atoms with Crippen molar-refractivity contribution in [3.8, 4) is 0 Å². The van der Waals surface area contributed by atoms with Crippen molar-refractivity contribution in [3.05, 3.63) is 47.7 Å². The number of anilines is 1. The number of rotatable bonds is 9. The smallest absolute Gasteiger partial charge is 0.255 e. The van der Waals surface area contributed by atoms with Crippen LogP contribution < -0.4 is 5.32 Å². The molecule has 7 heteroatoms. The molecule has 1 aromatic carbocycles. The molecule has 1 saturated carbocycles. The Bertz CT molecular complexity index is 917. The first-order valence-corrected chi connectivity index (χ1v) is 11.4. The molecule has 2 amide bonds. The number of amides is 2. The minimum atomic E-state index is -0.488. The van der Waals surface area contributed by atoms with Crippen LogP contribution in [-0.2, 0) is 22.6 Å². The highest BCUT2D eigenvalue weighted by Crippen LogP contribution is 2.33. The standard InChI is InChI=1S/C24H32N4O3/c1-17(2)31-14-13-27-12-11-22(26-27)25-23(29)21(15-18-7-3-4-8-18)28-16-19-9-5-6-10-20(19)24(28)30/h5-6,9-12,17-18,21H,3-4,7-8,13-16H2,1-2H3,(H,25,26,29). The summed E-state index contributed by atoms with van der Waals surface area (Å²) in [6.07, 6.45) is 7.38. The van der Waals surface area contributed by atoms with E-state index in [9.17, 15) is 9.59 Å². The number of carbonyl (C=O) groups is 2. The second-order valence-corrected chi connectivity index (χ2v) is 8.87. The average molecular weight is 425 g/mol. The largest absolute Gasteiger partial charge is 0.377 e. The molecule has 0 spiro atoms. The fourth-order valence-corrected chi connectivity index (χ4v) is 4.61. The monoisotopic (exact) mass is 424 g/mol. The fourth-order valence-electron chi connectivity index (χ4n) is 4.61. The zero-order chi connectivity index (χ0) is 21.8. The Hall–Kier alpha value is -2.67. The van der Waals surface area contributed by atoms with Gasteiger partial charge in [0.15, 0.2) is 5.82 Å². The van der Waals surface area contributed by atoms with Gasteiger partial charge in [-0.1, -0.05) is 43.9 Å². The van der Waals surface area contributed by atoms with Crippen LogP contribution in [0.4, 0.5) is 5.82 Å². The SMILES string of the molecule is CC(C)OCCn1ccc(NC(=O)C(CC2CCCC2)N2Cc3ccccc3C2=O)n1. The van der Waals surface area contributed by atoms with E-state index in [-0.39, 0.29) is 17.9 Å². The van der Waals surface area contributed by atoms with E-state index >= 15 is 0 Å². The topological polar surface area (TPSA) is 76.5 Å². The minimum Gasteiger partial charge on any atom is -0.377 e. The van der Waals surface area contributed by atoms with Crippen LogP contribution >= 0.6 is 0 Å². The third-order valence-electron chi connectivity index (χ3n) is 6.22. The van der Waals surface area contributed by atoms with E-state index in [0.717, 1.165) is 18.4 Å². The van der Waals surface area contributed by atoms with E-state index in [1.54, 1.807) is 15.6 Å². The second-order valence-electron chi connectivity index (χ2n) is 8.87. The maximum Gasteiger partial charge on any atom is 0.255 e. The Morgan fingerprint density at radius 1 is 1.23 bits per heavy atom. The molecule has 31 heavy (non-hydrogen) atoms. The van der Waals surface area contributed by atoms with Gasteiger partial charge in [0.05, 0.1) is 19.3 Å². The van der Waals surface area contributed by atoms with Gasteiger partial charge in [-0.2, -0.15) is 5.10 Å². The lowest BCUT2D eigenvalue weighted by Crippen LogP contribution is -2.45. The molecule has 0 bridgehead atoms. The number of carbonyl (C=O) groups excluding carboxylic acids is 2. The van der Waals surface area contributed by atoms with Crippen LogP contribution in [0.5, 0.6) is 0 Å². The number of hydrogen-bond donors (Lipinski definition) is 1. The van der Waals surface area contributed by atoms with Gasteiger partial charge < -0.3 is 15.0 Å². The van der Waals surface area contributed by atoms with E-state index in [1.807, 2.05) is 44.3 Å². The molecule has 0 saturated heterocycles. The Balaban J connectivity index is 1.45. The first kappa shape index (κ1) is 21.6. The molecular weight excluding hydrogens is 392 g/mol. The van der Waals surface area contributed by atoms with Crippen LogP contribution in [0.15, 0.2) is 36.5 Å². The quantitative estimate of drug-likeness (QED) is 0.663. The number of ether oxygens (including phenoxy) is 1. The summed E-state index contributed by atoms with van der Waals surface area (Å²) in [5.74, 6) is 0.787. The lowest BCUT2D eigenvalue weighted by atomic mass is 9.96. The summed E-state index contributed by atoms with van der Waals surface area (Å²) in [4.78, 5) is 28.1. The number of benzene rings is 1. The van der Waals surface area contributed by atoms with E-state index in [1.165, 1.54) is 12.8 Å². The molecule has 1 atom stereocenters. The Kier molecular flexibility index (Phi) is 6.70. The lowest BCUT2D eigenvalue weighted by Gasteiger charge is -2.28. The van der Waals surface area contributed by atoms with Crippen molar-refractivity contribution >= 4 is 17.6 Å². The van der Waals surface area contributed by atoms with Crippen LogP contribution in [0.1, 0.15) is 61.9 Å². The van der Waals surface area contributed by atoms with E-state index < -0.39 is 6.04 Å². The Morgan fingerprint density at radius 2 is 2.00 bits per heavy atom. The van der Waals surface area contributed by atoms with Gasteiger partial charge in [-0.15, -0.1) is 0 Å². The van der Waals surface area contributed by atoms with Gasteiger partial charge >= 0.3 is 0 Å². The molecule has 2 aromatic rings. The number of fused-ring (bicyclic) bond motifs is 1. The average Bonchev–Trinajstić information content (AvgIpc) is 3.48. The van der Waals surface area contributed by atoms with Crippen molar-refractivity contribution in [2.45, 2.75) is 71.2 Å². The summed E-state index contributed by atoms with van der Waals surface area (Å²) in [6, 6.07) is 8.94. The first-order chi connectivity index (χ1) is 15.0. The van der Waals surface area contributed by atoms with Crippen molar-refractivity contribution in [2.75, 3.05) is 11.9 Å². The zero-order valence-corrected chi connectivity index (χ0v) is 18.4. The summed E-state index contributed by atoms with van der Waals surface area (Å²) in [5, 5.41) is 7.40. The number of nitrogens with one attached hydrogen (secondary N) is 1. The zero-order valence-electron chi connectivity index (χ0n) is 18.4. The van der Waals surface area contributed by atoms with Crippen LogP contribution in [0, 0.1) is 5.92 Å². The van der Waals surface area contributed by atoms with E-state index in [2.05, 4.69) is 10.4 Å². The Morgan fingerprint density at radius 3 is 2.74 bits per heavy atom. The normalized spacial score (nSPS) is 17.4. The molecule has 4 rings (SSSR count). The molecule has 7 nitrogen and oxygen atoms in total. The summed E-state index contributed by atoms with van der Waals surface area (Å²) < 4.78 is 7.33. The molecule has 1 fully saturated rings. The number of hydrogen-bond acceptors (Lipinski definition) is 4. The van der Waals surface area contributed by atoms with Crippen molar-refractivity contribution < 1.29 is 14.3 Å². The van der Waals surface area contributed by atoms with Gasteiger partial charge in [0.1, 0.15) is 6.04 Å². The molecule has 1 N–H and O–H groups in total. The Labute approximate surface area is 183 Å². The second kappa shape index (κ2) is 9.64. The van der Waals surface area contributed by atoms with Crippen molar-refractivity contribution in [2.24, 2.45) is 5.92 Å². The minimum absolute atomic E-state index is 0.0508. The maximum atomic E-state index is 13.3. The summed E-state index contributed by atoms with van der Waals surface area (Å²) in [6.45, 7) is 5.67. The highest BCUT2D eigenvalue weighted by molar-refractivity contribution is 6.03. The fraction of sp³-hybridized carbons (Fsp3) is 0.542. The van der Waals surface area contributed by atoms with Gasteiger partial charge in [0.25, 0.3) is 5.91 Å². The molecular formula is C24H32N4O3.